The second-order valence-electron chi connectivity index (χ2n) is 5.24. The third kappa shape index (κ3) is 2.27. The minimum Gasteiger partial charge on any atom is -0.497 e. The molecule has 0 aliphatic carbocycles. The molecule has 3 aromatic rings. The van der Waals surface area contributed by atoms with Crippen LogP contribution < -0.4 is 10.5 Å². The second-order valence-corrected chi connectivity index (χ2v) is 6.70. The SMILES string of the molecule is COc1ccc2nc(N)n(C(C)c3cc(C)sc3C)c2c1. The first-order chi connectivity index (χ1) is 10.0. The highest BCUT2D eigenvalue weighted by Crippen LogP contribution is 2.33. The van der Waals surface area contributed by atoms with E-state index in [0.717, 1.165) is 16.8 Å². The first kappa shape index (κ1) is 13.9. The van der Waals surface area contributed by atoms with Gasteiger partial charge in [-0.15, -0.1) is 11.3 Å². The van der Waals surface area contributed by atoms with Gasteiger partial charge in [0.05, 0.1) is 24.2 Å². The summed E-state index contributed by atoms with van der Waals surface area (Å²) in [6, 6.07) is 8.22. The molecule has 21 heavy (non-hydrogen) atoms. The van der Waals surface area contributed by atoms with Crippen LogP contribution >= 0.6 is 11.3 Å². The van der Waals surface area contributed by atoms with Crippen LogP contribution in [0.3, 0.4) is 0 Å². The van der Waals surface area contributed by atoms with Gasteiger partial charge in [0, 0.05) is 15.8 Å². The van der Waals surface area contributed by atoms with Crippen LogP contribution in [-0.2, 0) is 0 Å². The van der Waals surface area contributed by atoms with Crippen LogP contribution in [0.5, 0.6) is 5.75 Å². The fourth-order valence-electron chi connectivity index (χ4n) is 2.83. The third-order valence-electron chi connectivity index (χ3n) is 3.84. The van der Waals surface area contributed by atoms with Crippen molar-refractivity contribution in [2.75, 3.05) is 12.8 Å². The predicted molar refractivity (Wildman–Crippen MR) is 88.3 cm³/mol. The fourth-order valence-corrected chi connectivity index (χ4v) is 3.85. The molecule has 5 heteroatoms. The molecule has 0 fully saturated rings. The molecule has 0 spiro atoms. The lowest BCUT2D eigenvalue weighted by atomic mass is 10.1. The number of rotatable bonds is 3. The van der Waals surface area contributed by atoms with Crippen LogP contribution in [0.15, 0.2) is 24.3 Å². The average molecular weight is 301 g/mol. The number of thiophene rings is 1. The molecule has 1 unspecified atom stereocenters. The summed E-state index contributed by atoms with van der Waals surface area (Å²) < 4.78 is 7.40. The van der Waals surface area contributed by atoms with E-state index in [0.29, 0.717) is 5.95 Å². The van der Waals surface area contributed by atoms with Gasteiger partial charge >= 0.3 is 0 Å². The number of aromatic nitrogens is 2. The van der Waals surface area contributed by atoms with Crippen molar-refractivity contribution >= 4 is 28.3 Å². The Balaban J connectivity index is 2.18. The minimum atomic E-state index is 0.145. The summed E-state index contributed by atoms with van der Waals surface area (Å²) in [6.07, 6.45) is 0. The van der Waals surface area contributed by atoms with Crippen LogP contribution in [0, 0.1) is 13.8 Å². The van der Waals surface area contributed by atoms with E-state index >= 15 is 0 Å². The molecule has 0 aliphatic heterocycles. The molecule has 3 rings (SSSR count). The van der Waals surface area contributed by atoms with E-state index in [4.69, 9.17) is 10.5 Å². The molecule has 0 radical (unpaired) electrons. The maximum absolute atomic E-state index is 6.15. The van der Waals surface area contributed by atoms with Gasteiger partial charge in [-0.1, -0.05) is 0 Å². The number of ether oxygens (including phenoxy) is 1. The predicted octanol–water partition coefficient (Wildman–Crippen LogP) is 3.91. The number of hydrogen-bond donors (Lipinski definition) is 1. The summed E-state index contributed by atoms with van der Waals surface area (Å²) in [5.41, 5.74) is 9.35. The largest absolute Gasteiger partial charge is 0.497 e. The van der Waals surface area contributed by atoms with Crippen molar-refractivity contribution in [3.63, 3.8) is 0 Å². The average Bonchev–Trinajstić information content (AvgIpc) is 2.95. The van der Waals surface area contributed by atoms with Crippen molar-refractivity contribution in [2.45, 2.75) is 26.8 Å². The van der Waals surface area contributed by atoms with Gasteiger partial charge in [-0.2, -0.15) is 0 Å². The van der Waals surface area contributed by atoms with E-state index in [1.54, 1.807) is 7.11 Å². The highest BCUT2D eigenvalue weighted by Gasteiger charge is 2.19. The Bertz CT molecular complexity index is 803. The van der Waals surface area contributed by atoms with Crippen molar-refractivity contribution in [1.29, 1.82) is 0 Å². The molecule has 0 saturated carbocycles. The number of hydrogen-bond acceptors (Lipinski definition) is 4. The first-order valence-corrected chi connectivity index (χ1v) is 7.71. The van der Waals surface area contributed by atoms with Crippen molar-refractivity contribution in [2.24, 2.45) is 0 Å². The van der Waals surface area contributed by atoms with E-state index in [-0.39, 0.29) is 6.04 Å². The number of fused-ring (bicyclic) bond motifs is 1. The fraction of sp³-hybridized carbons (Fsp3) is 0.312. The number of nitrogens with two attached hydrogens (primary N) is 1. The Morgan fingerprint density at radius 1 is 1.29 bits per heavy atom. The zero-order chi connectivity index (χ0) is 15.1. The van der Waals surface area contributed by atoms with Gasteiger partial charge in [-0.05, 0) is 44.5 Å². The van der Waals surface area contributed by atoms with Gasteiger partial charge in [0.15, 0.2) is 0 Å². The molecular formula is C16H19N3OS. The van der Waals surface area contributed by atoms with Crippen LogP contribution in [0.1, 0.15) is 28.3 Å². The molecule has 0 saturated heterocycles. The van der Waals surface area contributed by atoms with Gasteiger partial charge in [-0.3, -0.25) is 0 Å². The molecule has 0 amide bonds. The van der Waals surface area contributed by atoms with Crippen molar-refractivity contribution in [1.82, 2.24) is 9.55 Å². The second kappa shape index (κ2) is 5.07. The van der Waals surface area contributed by atoms with Crippen LogP contribution in [0.4, 0.5) is 5.95 Å². The van der Waals surface area contributed by atoms with E-state index in [1.165, 1.54) is 15.3 Å². The lowest BCUT2D eigenvalue weighted by Crippen LogP contribution is -2.10. The Morgan fingerprint density at radius 2 is 2.05 bits per heavy atom. The van der Waals surface area contributed by atoms with Gasteiger partial charge in [0.1, 0.15) is 5.75 Å². The molecule has 1 aromatic carbocycles. The van der Waals surface area contributed by atoms with Crippen molar-refractivity contribution in [3.05, 3.63) is 39.6 Å². The van der Waals surface area contributed by atoms with E-state index < -0.39 is 0 Å². The van der Waals surface area contributed by atoms with E-state index in [9.17, 15) is 0 Å². The number of nitrogen functional groups attached to an aromatic ring is 1. The molecule has 1 atom stereocenters. The molecule has 0 bridgehead atoms. The van der Waals surface area contributed by atoms with Crippen molar-refractivity contribution < 1.29 is 4.74 Å². The highest BCUT2D eigenvalue weighted by molar-refractivity contribution is 7.12. The lowest BCUT2D eigenvalue weighted by molar-refractivity contribution is 0.415. The summed E-state index contributed by atoms with van der Waals surface area (Å²) in [4.78, 5) is 7.10. The number of imidazole rings is 1. The lowest BCUT2D eigenvalue weighted by Gasteiger charge is -2.16. The van der Waals surface area contributed by atoms with Gasteiger partial charge in [0.25, 0.3) is 0 Å². The van der Waals surface area contributed by atoms with E-state index in [1.807, 2.05) is 29.5 Å². The van der Waals surface area contributed by atoms with Gasteiger partial charge < -0.3 is 15.0 Å². The summed E-state index contributed by atoms with van der Waals surface area (Å²) >= 11 is 1.81. The van der Waals surface area contributed by atoms with Gasteiger partial charge in [0.2, 0.25) is 5.95 Å². The smallest absolute Gasteiger partial charge is 0.201 e. The Labute approximate surface area is 128 Å². The number of nitrogens with zero attached hydrogens (tertiary/aromatic N) is 2. The van der Waals surface area contributed by atoms with Crippen molar-refractivity contribution in [3.8, 4) is 5.75 Å². The summed E-state index contributed by atoms with van der Waals surface area (Å²) in [6.45, 7) is 6.44. The Morgan fingerprint density at radius 3 is 2.67 bits per heavy atom. The first-order valence-electron chi connectivity index (χ1n) is 6.89. The molecule has 2 aromatic heterocycles. The normalized spacial score (nSPS) is 12.8. The Kier molecular flexibility index (Phi) is 3.37. The maximum Gasteiger partial charge on any atom is 0.201 e. The minimum absolute atomic E-state index is 0.145. The summed E-state index contributed by atoms with van der Waals surface area (Å²) in [5.74, 6) is 1.35. The third-order valence-corrected chi connectivity index (χ3v) is 4.82. The maximum atomic E-state index is 6.15. The number of methoxy groups -OCH3 is 1. The zero-order valence-corrected chi connectivity index (χ0v) is 13.5. The monoisotopic (exact) mass is 301 g/mol. The summed E-state index contributed by atoms with van der Waals surface area (Å²) in [7, 11) is 1.67. The highest BCUT2D eigenvalue weighted by atomic mass is 32.1. The standard InChI is InChI=1S/C16H19N3OS/c1-9-7-13(11(3)21-9)10(2)19-15-8-12(20-4)5-6-14(15)18-16(19)17/h5-8,10H,1-4H3,(H2,17,18). The number of benzene rings is 1. The molecule has 2 N–H and O–H groups in total. The number of aryl methyl sites for hydroxylation is 2. The van der Waals surface area contributed by atoms with Crippen LogP contribution in [0.2, 0.25) is 0 Å². The molecule has 110 valence electrons. The quantitative estimate of drug-likeness (QED) is 0.798. The topological polar surface area (TPSA) is 53.1 Å². The Hall–Kier alpha value is -2.01. The van der Waals surface area contributed by atoms with Crippen LogP contribution in [-0.4, -0.2) is 16.7 Å². The molecule has 2 heterocycles. The van der Waals surface area contributed by atoms with Crippen LogP contribution in [0.25, 0.3) is 11.0 Å². The van der Waals surface area contributed by atoms with Gasteiger partial charge in [-0.25, -0.2) is 4.98 Å². The molecule has 4 nitrogen and oxygen atoms in total. The molecular weight excluding hydrogens is 282 g/mol. The summed E-state index contributed by atoms with van der Waals surface area (Å²) in [5, 5.41) is 0. The number of anilines is 1. The van der Waals surface area contributed by atoms with E-state index in [2.05, 4.69) is 36.4 Å². The molecule has 0 aliphatic rings. The zero-order valence-electron chi connectivity index (χ0n) is 12.7.